The number of nitrogens with zero attached hydrogens (tertiary/aromatic N) is 4. The van der Waals surface area contributed by atoms with Crippen molar-refractivity contribution in [2.75, 3.05) is 19.0 Å². The lowest BCUT2D eigenvalue weighted by atomic mass is 9.85. The molecule has 2 aromatic carbocycles. The molecule has 0 spiro atoms. The predicted molar refractivity (Wildman–Crippen MR) is 130 cm³/mol. The first kappa shape index (κ1) is 26.6. The Bertz CT molecular complexity index is 1220. The number of hydrogen-bond acceptors (Lipinski definition) is 6. The quantitative estimate of drug-likeness (QED) is 0.208. The maximum Gasteiger partial charge on any atom is 0.234 e. The fourth-order valence-corrected chi connectivity index (χ4v) is 3.81. The second kappa shape index (κ2) is 12.6. The molecule has 4 N–H and O–H groups in total. The van der Waals surface area contributed by atoms with Crippen LogP contribution in [0, 0.1) is 11.6 Å². The third kappa shape index (κ3) is 6.54. The number of azide groups is 1. The van der Waals surface area contributed by atoms with E-state index >= 15 is 0 Å². The molecular weight excluding hydrogens is 470 g/mol. The molecule has 0 radical (unpaired) electrons. The molecule has 3 aromatic rings. The minimum absolute atomic E-state index is 0.167. The van der Waals surface area contributed by atoms with Gasteiger partial charge in [-0.3, -0.25) is 4.79 Å². The van der Waals surface area contributed by atoms with E-state index in [4.69, 9.17) is 10.5 Å². The largest absolute Gasteiger partial charge is 0.481 e. The Morgan fingerprint density at radius 2 is 1.92 bits per heavy atom. The summed E-state index contributed by atoms with van der Waals surface area (Å²) >= 11 is 0. The zero-order chi connectivity index (χ0) is 26.1. The second-order valence-electron chi connectivity index (χ2n) is 8.05. The molecule has 36 heavy (non-hydrogen) atoms. The summed E-state index contributed by atoms with van der Waals surface area (Å²) in [6.45, 7) is -0.260. The average Bonchev–Trinajstić information content (AvgIpc) is 2.89. The minimum atomic E-state index is -1.33. The number of methoxy groups -OCH3 is 1. The van der Waals surface area contributed by atoms with Crippen molar-refractivity contribution in [1.82, 2.24) is 4.98 Å². The number of nitrogens with two attached hydrogens (primary N) is 1. The molecule has 1 amide bonds. The molecule has 1 aromatic heterocycles. The lowest BCUT2D eigenvalue weighted by Gasteiger charge is -2.24. The molecule has 0 saturated heterocycles. The predicted octanol–water partition coefficient (Wildman–Crippen LogP) is 4.07. The molecular formula is C25H26F2N6O3. The van der Waals surface area contributed by atoms with Crippen LogP contribution in [0.15, 0.2) is 65.9 Å². The molecule has 3 rings (SSSR count). The van der Waals surface area contributed by atoms with Gasteiger partial charge in [-0.2, -0.15) is 0 Å². The van der Waals surface area contributed by atoms with Crippen LogP contribution < -0.4 is 15.8 Å². The number of nitrogens with one attached hydrogen (secondary N) is 1. The van der Waals surface area contributed by atoms with Crippen LogP contribution in [0.4, 0.5) is 14.5 Å². The first-order chi connectivity index (χ1) is 17.4. The molecule has 0 fully saturated rings. The fraction of sp³-hybridized carbons (Fsp3) is 0.280. The van der Waals surface area contributed by atoms with Crippen LogP contribution in [0.2, 0.25) is 0 Å². The summed E-state index contributed by atoms with van der Waals surface area (Å²) in [6.07, 6.45) is 1.93. The number of anilines is 1. The summed E-state index contributed by atoms with van der Waals surface area (Å²) < 4.78 is 33.3. The Hall–Kier alpha value is -4.05. The molecule has 0 unspecified atom stereocenters. The van der Waals surface area contributed by atoms with E-state index in [-0.39, 0.29) is 30.7 Å². The van der Waals surface area contributed by atoms with Gasteiger partial charge in [0.2, 0.25) is 11.8 Å². The number of carbonyl (C=O) groups is 1. The Morgan fingerprint density at radius 1 is 1.19 bits per heavy atom. The molecule has 0 aliphatic carbocycles. The van der Waals surface area contributed by atoms with Gasteiger partial charge in [0.15, 0.2) is 0 Å². The second-order valence-corrected chi connectivity index (χ2v) is 8.05. The molecule has 1 heterocycles. The van der Waals surface area contributed by atoms with Gasteiger partial charge in [0, 0.05) is 40.4 Å². The van der Waals surface area contributed by atoms with Crippen LogP contribution in [-0.2, 0) is 11.2 Å². The Labute approximate surface area is 206 Å². The van der Waals surface area contributed by atoms with Crippen LogP contribution in [0.3, 0.4) is 0 Å². The van der Waals surface area contributed by atoms with Crippen molar-refractivity contribution in [3.05, 3.63) is 99.6 Å². The van der Waals surface area contributed by atoms with Gasteiger partial charge in [0.25, 0.3) is 0 Å². The molecule has 9 nitrogen and oxygen atoms in total. The summed E-state index contributed by atoms with van der Waals surface area (Å²) in [5, 5.41) is 15.6. The summed E-state index contributed by atoms with van der Waals surface area (Å²) in [5.74, 6) is -2.21. The normalized spacial score (nSPS) is 13.2. The highest BCUT2D eigenvalue weighted by Crippen LogP contribution is 2.32. The van der Waals surface area contributed by atoms with Crippen molar-refractivity contribution >= 4 is 11.6 Å². The highest BCUT2D eigenvalue weighted by atomic mass is 19.1. The standard InChI is InChI=1S/C25H26F2N6O3/c1-36-22-12-7-16(13-30-22)23(15-5-8-17(26)9-6-15)24(32-33-29)25(35)31-21-4-2-3-20(27)19(21)11-10-18(28)14-34/h2-9,12-13,18,23-24,34H,10-11,14,28H2,1H3,(H,31,35)/t18-,23-,24-/m0/s1. The Balaban J connectivity index is 2.00. The first-order valence-electron chi connectivity index (χ1n) is 11.1. The van der Waals surface area contributed by atoms with E-state index in [0.717, 1.165) is 0 Å². The SMILES string of the molecule is COc1ccc([C@H](c2ccc(F)cc2)[C@H](N=[N+]=[N-])C(=O)Nc2cccc(F)c2CC[C@H](N)CO)cn1. The van der Waals surface area contributed by atoms with Crippen molar-refractivity contribution in [3.8, 4) is 5.88 Å². The molecule has 0 aliphatic rings. The highest BCUT2D eigenvalue weighted by molar-refractivity contribution is 5.96. The van der Waals surface area contributed by atoms with Crippen molar-refractivity contribution in [3.63, 3.8) is 0 Å². The van der Waals surface area contributed by atoms with E-state index < -0.39 is 35.5 Å². The van der Waals surface area contributed by atoms with Gasteiger partial charge >= 0.3 is 0 Å². The number of aromatic nitrogens is 1. The van der Waals surface area contributed by atoms with E-state index in [0.29, 0.717) is 17.0 Å². The summed E-state index contributed by atoms with van der Waals surface area (Å²) in [5.41, 5.74) is 16.4. The number of ether oxygens (including phenoxy) is 1. The van der Waals surface area contributed by atoms with E-state index in [1.54, 1.807) is 12.1 Å². The van der Waals surface area contributed by atoms with E-state index in [9.17, 15) is 24.2 Å². The van der Waals surface area contributed by atoms with Crippen LogP contribution in [0.5, 0.6) is 5.88 Å². The number of hydrogen-bond donors (Lipinski definition) is 3. The van der Waals surface area contributed by atoms with E-state index in [1.807, 2.05) is 0 Å². The number of amides is 1. The van der Waals surface area contributed by atoms with Gasteiger partial charge in [-0.15, -0.1) is 0 Å². The zero-order valence-corrected chi connectivity index (χ0v) is 19.5. The summed E-state index contributed by atoms with van der Waals surface area (Å²) in [4.78, 5) is 20.5. The Morgan fingerprint density at radius 3 is 2.53 bits per heavy atom. The van der Waals surface area contributed by atoms with E-state index in [1.165, 1.54) is 55.8 Å². The average molecular weight is 497 g/mol. The van der Waals surface area contributed by atoms with Crippen LogP contribution in [0.1, 0.15) is 29.0 Å². The molecule has 3 atom stereocenters. The van der Waals surface area contributed by atoms with Crippen molar-refractivity contribution in [2.24, 2.45) is 10.8 Å². The lowest BCUT2D eigenvalue weighted by Crippen LogP contribution is -2.33. The monoisotopic (exact) mass is 496 g/mol. The minimum Gasteiger partial charge on any atom is -0.481 e. The number of aliphatic hydroxyl groups excluding tert-OH is 1. The van der Waals surface area contributed by atoms with Crippen molar-refractivity contribution in [2.45, 2.75) is 30.8 Å². The molecule has 11 heteroatoms. The highest BCUT2D eigenvalue weighted by Gasteiger charge is 2.31. The van der Waals surface area contributed by atoms with Gasteiger partial charge in [0.05, 0.1) is 13.7 Å². The fourth-order valence-electron chi connectivity index (χ4n) is 3.81. The maximum atomic E-state index is 14.6. The first-order valence-corrected chi connectivity index (χ1v) is 11.1. The number of aliphatic hydroxyl groups is 1. The molecule has 0 saturated carbocycles. The van der Waals surface area contributed by atoms with Crippen molar-refractivity contribution in [1.29, 1.82) is 0 Å². The number of benzene rings is 2. The van der Waals surface area contributed by atoms with E-state index in [2.05, 4.69) is 20.3 Å². The van der Waals surface area contributed by atoms with Crippen LogP contribution >= 0.6 is 0 Å². The van der Waals surface area contributed by atoms with Gasteiger partial charge in [-0.05, 0) is 53.8 Å². The van der Waals surface area contributed by atoms with Crippen LogP contribution in [-0.4, -0.2) is 41.8 Å². The molecule has 0 bridgehead atoms. The summed E-state index contributed by atoms with van der Waals surface area (Å²) in [6, 6.07) is 11.0. The summed E-state index contributed by atoms with van der Waals surface area (Å²) in [7, 11) is 1.46. The third-order valence-corrected chi connectivity index (χ3v) is 5.69. The lowest BCUT2D eigenvalue weighted by molar-refractivity contribution is -0.117. The number of rotatable bonds is 11. The van der Waals surface area contributed by atoms with Gasteiger partial charge in [-0.1, -0.05) is 29.4 Å². The third-order valence-electron chi connectivity index (χ3n) is 5.69. The van der Waals surface area contributed by atoms with Gasteiger partial charge in [0.1, 0.15) is 17.7 Å². The topological polar surface area (TPSA) is 146 Å². The van der Waals surface area contributed by atoms with Crippen molar-refractivity contribution < 1.29 is 23.4 Å². The van der Waals surface area contributed by atoms with Gasteiger partial charge < -0.3 is 20.9 Å². The maximum absolute atomic E-state index is 14.6. The Kier molecular flexibility index (Phi) is 9.29. The zero-order valence-electron chi connectivity index (χ0n) is 19.5. The number of pyridine rings is 1. The molecule has 0 aliphatic heterocycles. The number of halogens is 2. The number of carbonyl (C=O) groups excluding carboxylic acids is 1. The van der Waals surface area contributed by atoms with Gasteiger partial charge in [-0.25, -0.2) is 13.8 Å². The smallest absolute Gasteiger partial charge is 0.234 e. The van der Waals surface area contributed by atoms with Crippen LogP contribution in [0.25, 0.3) is 10.4 Å². The molecule has 188 valence electrons.